The van der Waals surface area contributed by atoms with Crippen molar-refractivity contribution in [3.8, 4) is 17.1 Å². The first-order chi connectivity index (χ1) is 18.4. The molecule has 1 saturated carbocycles. The Morgan fingerprint density at radius 1 is 1.16 bits per heavy atom. The number of rotatable bonds is 8. The number of carbonyl (C=O) groups excluding carboxylic acids is 1. The zero-order valence-corrected chi connectivity index (χ0v) is 22.9. The smallest absolute Gasteiger partial charge is 0.263 e. The molecule has 3 aromatic rings. The summed E-state index contributed by atoms with van der Waals surface area (Å²) in [5, 5.41) is 3.69. The molecule has 5 rings (SSSR count). The largest absolute Gasteiger partial charge is 0.489 e. The Bertz CT molecular complexity index is 1340. The van der Waals surface area contributed by atoms with Crippen LogP contribution in [0.1, 0.15) is 52.4 Å². The van der Waals surface area contributed by atoms with Gasteiger partial charge in [-0.3, -0.25) is 14.2 Å². The second-order valence-electron chi connectivity index (χ2n) is 10.9. The topological polar surface area (TPSA) is 89.3 Å². The number of benzene rings is 1. The Kier molecular flexibility index (Phi) is 8.29. The SMILES string of the molecule is CC(C)NC(=O)Cn1c(-c2cccc(Cl)c2)nc2ncc(OC3CCN(CC4CCCC4)CC3)cc2c1=O. The minimum absolute atomic E-state index is 0.0486. The number of fused-ring (bicyclic) bond motifs is 1. The van der Waals surface area contributed by atoms with Gasteiger partial charge in [0.15, 0.2) is 5.65 Å². The van der Waals surface area contributed by atoms with Gasteiger partial charge < -0.3 is 15.0 Å². The maximum atomic E-state index is 13.7. The number of likely N-dealkylation sites (tertiary alicyclic amines) is 1. The van der Waals surface area contributed by atoms with Crippen molar-refractivity contribution in [3.05, 3.63) is 51.9 Å². The van der Waals surface area contributed by atoms with Crippen LogP contribution in [0.5, 0.6) is 5.75 Å². The Balaban J connectivity index is 1.38. The molecule has 8 nitrogen and oxygen atoms in total. The zero-order chi connectivity index (χ0) is 26.6. The molecule has 202 valence electrons. The van der Waals surface area contributed by atoms with Crippen LogP contribution in [0.15, 0.2) is 41.3 Å². The first kappa shape index (κ1) is 26.6. The molecular formula is C29H36ClN5O3. The number of amides is 1. The number of piperidine rings is 1. The molecule has 1 saturated heterocycles. The summed E-state index contributed by atoms with van der Waals surface area (Å²) in [6, 6.07) is 8.74. The predicted molar refractivity (Wildman–Crippen MR) is 150 cm³/mol. The summed E-state index contributed by atoms with van der Waals surface area (Å²) in [6.07, 6.45) is 9.11. The second-order valence-corrected chi connectivity index (χ2v) is 11.3. The third kappa shape index (κ3) is 6.35. The van der Waals surface area contributed by atoms with E-state index in [0.717, 1.165) is 31.8 Å². The molecule has 1 amide bonds. The van der Waals surface area contributed by atoms with E-state index in [-0.39, 0.29) is 30.2 Å². The molecule has 2 aromatic heterocycles. The molecule has 1 aromatic carbocycles. The highest BCUT2D eigenvalue weighted by molar-refractivity contribution is 6.30. The molecule has 1 N–H and O–H groups in total. The Morgan fingerprint density at radius 3 is 2.63 bits per heavy atom. The molecule has 2 fully saturated rings. The summed E-state index contributed by atoms with van der Waals surface area (Å²) >= 11 is 6.21. The highest BCUT2D eigenvalue weighted by atomic mass is 35.5. The number of pyridine rings is 1. The highest BCUT2D eigenvalue weighted by Gasteiger charge is 2.25. The maximum Gasteiger partial charge on any atom is 0.263 e. The molecule has 0 unspecified atom stereocenters. The van der Waals surface area contributed by atoms with Gasteiger partial charge in [0.25, 0.3) is 5.56 Å². The lowest BCUT2D eigenvalue weighted by molar-refractivity contribution is -0.122. The molecule has 9 heteroatoms. The van der Waals surface area contributed by atoms with E-state index >= 15 is 0 Å². The third-order valence-corrected chi connectivity index (χ3v) is 7.68. The van der Waals surface area contributed by atoms with E-state index in [1.807, 2.05) is 19.9 Å². The Labute approximate surface area is 228 Å². The van der Waals surface area contributed by atoms with Crippen molar-refractivity contribution in [2.24, 2.45) is 5.92 Å². The first-order valence-corrected chi connectivity index (χ1v) is 14.1. The van der Waals surface area contributed by atoms with Crippen LogP contribution in [0.4, 0.5) is 0 Å². The molecule has 0 atom stereocenters. The summed E-state index contributed by atoms with van der Waals surface area (Å²) in [4.78, 5) is 38.1. The van der Waals surface area contributed by atoms with Gasteiger partial charge in [-0.1, -0.05) is 36.6 Å². The van der Waals surface area contributed by atoms with Crippen molar-refractivity contribution < 1.29 is 9.53 Å². The minimum atomic E-state index is -0.340. The average molecular weight is 538 g/mol. The molecule has 2 aliphatic rings. The lowest BCUT2D eigenvalue weighted by atomic mass is 10.0. The van der Waals surface area contributed by atoms with E-state index in [2.05, 4.69) is 20.2 Å². The van der Waals surface area contributed by atoms with E-state index in [1.165, 1.54) is 36.8 Å². The number of ether oxygens (including phenoxy) is 1. The van der Waals surface area contributed by atoms with Gasteiger partial charge in [0.05, 0.1) is 11.6 Å². The Morgan fingerprint density at radius 2 is 1.92 bits per heavy atom. The number of hydrogen-bond acceptors (Lipinski definition) is 6. The van der Waals surface area contributed by atoms with Crippen LogP contribution in [0, 0.1) is 5.92 Å². The van der Waals surface area contributed by atoms with Crippen LogP contribution < -0.4 is 15.6 Å². The van der Waals surface area contributed by atoms with Crippen molar-refractivity contribution in [2.45, 2.75) is 71.1 Å². The Hall–Kier alpha value is -2.97. The quantitative estimate of drug-likeness (QED) is 0.449. The van der Waals surface area contributed by atoms with Gasteiger partial charge in [0.1, 0.15) is 24.2 Å². The number of halogens is 1. The average Bonchev–Trinajstić information content (AvgIpc) is 3.40. The van der Waals surface area contributed by atoms with Crippen LogP contribution in [-0.2, 0) is 11.3 Å². The third-order valence-electron chi connectivity index (χ3n) is 7.45. The molecule has 3 heterocycles. The number of carbonyl (C=O) groups is 1. The summed E-state index contributed by atoms with van der Waals surface area (Å²) in [5.41, 5.74) is 0.609. The predicted octanol–water partition coefficient (Wildman–Crippen LogP) is 4.67. The second kappa shape index (κ2) is 11.8. The lowest BCUT2D eigenvalue weighted by Crippen LogP contribution is -2.40. The van der Waals surface area contributed by atoms with Gasteiger partial charge in [-0.25, -0.2) is 9.97 Å². The summed E-state index contributed by atoms with van der Waals surface area (Å²) in [6.45, 7) is 6.87. The van der Waals surface area contributed by atoms with Crippen LogP contribution >= 0.6 is 11.6 Å². The standard InChI is InChI=1S/C29H36ClN5O3/c1-19(2)32-26(36)18-35-28(21-8-5-9-22(30)14-21)33-27-25(29(35)37)15-24(16-31-27)38-23-10-12-34(13-11-23)17-20-6-3-4-7-20/h5,8-9,14-16,19-20,23H,3-4,6-7,10-13,17-18H2,1-2H3,(H,32,36). The summed E-state index contributed by atoms with van der Waals surface area (Å²) in [5.74, 6) is 1.49. The number of hydrogen-bond donors (Lipinski definition) is 1. The van der Waals surface area contributed by atoms with Crippen molar-refractivity contribution in [1.29, 1.82) is 0 Å². The van der Waals surface area contributed by atoms with E-state index in [1.54, 1.807) is 30.5 Å². The van der Waals surface area contributed by atoms with E-state index in [4.69, 9.17) is 16.3 Å². The summed E-state index contributed by atoms with van der Waals surface area (Å²) in [7, 11) is 0. The van der Waals surface area contributed by atoms with E-state index in [0.29, 0.717) is 33.2 Å². The van der Waals surface area contributed by atoms with Crippen molar-refractivity contribution in [3.63, 3.8) is 0 Å². The van der Waals surface area contributed by atoms with E-state index in [9.17, 15) is 9.59 Å². The molecule has 0 bridgehead atoms. The zero-order valence-electron chi connectivity index (χ0n) is 22.2. The molecule has 0 spiro atoms. The van der Waals surface area contributed by atoms with Gasteiger partial charge in [0.2, 0.25) is 5.91 Å². The van der Waals surface area contributed by atoms with E-state index < -0.39 is 0 Å². The van der Waals surface area contributed by atoms with Gasteiger partial charge in [0, 0.05) is 36.3 Å². The fourth-order valence-electron chi connectivity index (χ4n) is 5.62. The molecule has 1 aliphatic heterocycles. The van der Waals surface area contributed by atoms with Crippen LogP contribution in [-0.4, -0.2) is 57.1 Å². The summed E-state index contributed by atoms with van der Waals surface area (Å²) < 4.78 is 7.67. The maximum absolute atomic E-state index is 13.7. The molecule has 1 aliphatic carbocycles. The van der Waals surface area contributed by atoms with Gasteiger partial charge >= 0.3 is 0 Å². The van der Waals surface area contributed by atoms with Gasteiger partial charge in [-0.15, -0.1) is 0 Å². The van der Waals surface area contributed by atoms with Crippen LogP contribution in [0.3, 0.4) is 0 Å². The number of aromatic nitrogens is 3. The van der Waals surface area contributed by atoms with Gasteiger partial charge in [-0.05, 0) is 63.6 Å². The lowest BCUT2D eigenvalue weighted by Gasteiger charge is -2.33. The van der Waals surface area contributed by atoms with Crippen molar-refractivity contribution in [2.75, 3.05) is 19.6 Å². The van der Waals surface area contributed by atoms with Crippen molar-refractivity contribution >= 4 is 28.5 Å². The first-order valence-electron chi connectivity index (χ1n) is 13.7. The van der Waals surface area contributed by atoms with Crippen LogP contribution in [0.2, 0.25) is 5.02 Å². The normalized spacial score (nSPS) is 17.4. The van der Waals surface area contributed by atoms with Crippen LogP contribution in [0.25, 0.3) is 22.4 Å². The molecule has 38 heavy (non-hydrogen) atoms. The van der Waals surface area contributed by atoms with Gasteiger partial charge in [-0.2, -0.15) is 0 Å². The minimum Gasteiger partial charge on any atom is -0.489 e. The highest BCUT2D eigenvalue weighted by Crippen LogP contribution is 2.28. The van der Waals surface area contributed by atoms with Crippen molar-refractivity contribution in [1.82, 2.24) is 24.8 Å². The molecular weight excluding hydrogens is 502 g/mol. The molecule has 0 radical (unpaired) electrons. The fourth-order valence-corrected chi connectivity index (χ4v) is 5.81. The fraction of sp³-hybridized carbons (Fsp3) is 0.517. The monoisotopic (exact) mass is 537 g/mol. The number of nitrogens with zero attached hydrogens (tertiary/aromatic N) is 4. The number of nitrogens with one attached hydrogen (secondary N) is 1.